The highest BCUT2D eigenvalue weighted by atomic mass is 79.9. The van der Waals surface area contributed by atoms with Gasteiger partial charge in [0.25, 0.3) is 0 Å². The van der Waals surface area contributed by atoms with Gasteiger partial charge in [-0.1, -0.05) is 16.8 Å². The molecule has 1 fully saturated rings. The van der Waals surface area contributed by atoms with Gasteiger partial charge in [0.1, 0.15) is 0 Å². The van der Waals surface area contributed by atoms with Gasteiger partial charge in [0.2, 0.25) is 0 Å². The van der Waals surface area contributed by atoms with Crippen LogP contribution >= 0.6 is 27.5 Å². The summed E-state index contributed by atoms with van der Waals surface area (Å²) in [5, 5.41) is 4.25. The van der Waals surface area contributed by atoms with Gasteiger partial charge in [-0.15, -0.1) is 0 Å². The topological polar surface area (TPSA) is 43.1 Å². The molecule has 0 atom stereocenters. The Hall–Kier alpha value is -1.13. The lowest BCUT2D eigenvalue weighted by Crippen LogP contribution is -2.02. The first-order chi connectivity index (χ1) is 8.66. The van der Waals surface area contributed by atoms with Crippen molar-refractivity contribution >= 4 is 33.3 Å². The molecule has 0 N–H and O–H groups in total. The van der Waals surface area contributed by atoms with E-state index in [0.717, 1.165) is 17.3 Å². The number of rotatable bonds is 3. The van der Waals surface area contributed by atoms with E-state index in [1.54, 1.807) is 18.2 Å². The summed E-state index contributed by atoms with van der Waals surface area (Å²) in [5.41, 5.74) is 1.10. The van der Waals surface area contributed by atoms with Crippen molar-refractivity contribution in [3.05, 3.63) is 50.8 Å². The van der Waals surface area contributed by atoms with Crippen LogP contribution in [0.3, 0.4) is 0 Å². The van der Waals surface area contributed by atoms with Gasteiger partial charge in [0.15, 0.2) is 11.5 Å². The number of halogens is 2. The Morgan fingerprint density at radius 2 is 2.22 bits per heavy atom. The number of carbonyl (C=O) groups is 1. The van der Waals surface area contributed by atoms with Crippen LogP contribution in [0.1, 0.15) is 40.4 Å². The van der Waals surface area contributed by atoms with E-state index in [-0.39, 0.29) is 5.78 Å². The maximum absolute atomic E-state index is 12.4. The van der Waals surface area contributed by atoms with E-state index in [4.69, 9.17) is 16.1 Å². The number of hydrogen-bond donors (Lipinski definition) is 0. The molecule has 0 spiro atoms. The minimum absolute atomic E-state index is 0.0902. The average Bonchev–Trinajstić information content (AvgIpc) is 3.09. The third kappa shape index (κ3) is 2.10. The lowest BCUT2D eigenvalue weighted by Gasteiger charge is -2.02. The van der Waals surface area contributed by atoms with E-state index in [1.165, 1.54) is 6.20 Å². The lowest BCUT2D eigenvalue weighted by atomic mass is 10.0. The molecule has 92 valence electrons. The average molecular weight is 327 g/mol. The largest absolute Gasteiger partial charge is 0.360 e. The van der Waals surface area contributed by atoms with Gasteiger partial charge in [-0.3, -0.25) is 4.79 Å². The van der Waals surface area contributed by atoms with Gasteiger partial charge in [-0.2, -0.15) is 0 Å². The molecule has 2 aromatic rings. The van der Waals surface area contributed by atoms with Crippen LogP contribution in [0, 0.1) is 0 Å². The Labute approximate surface area is 117 Å². The molecule has 0 unspecified atom stereocenters. The maximum Gasteiger partial charge on any atom is 0.198 e. The van der Waals surface area contributed by atoms with Crippen molar-refractivity contribution in [1.29, 1.82) is 0 Å². The number of aromatic nitrogens is 1. The molecule has 1 heterocycles. The molecular weight excluding hydrogens is 318 g/mol. The van der Waals surface area contributed by atoms with Gasteiger partial charge in [0, 0.05) is 16.0 Å². The minimum Gasteiger partial charge on any atom is -0.360 e. The zero-order chi connectivity index (χ0) is 12.7. The van der Waals surface area contributed by atoms with Crippen molar-refractivity contribution in [2.75, 3.05) is 0 Å². The molecule has 0 bridgehead atoms. The second kappa shape index (κ2) is 4.52. The lowest BCUT2D eigenvalue weighted by molar-refractivity contribution is 0.103. The molecule has 0 amide bonds. The second-order valence-corrected chi connectivity index (χ2v) is 5.60. The fourth-order valence-corrected chi connectivity index (χ4v) is 2.28. The molecule has 5 heteroatoms. The van der Waals surface area contributed by atoms with Crippen molar-refractivity contribution in [3.63, 3.8) is 0 Å². The molecular formula is C13H9BrClNO2. The molecule has 3 rings (SSSR count). The van der Waals surface area contributed by atoms with Crippen LogP contribution < -0.4 is 0 Å². The predicted molar refractivity (Wildman–Crippen MR) is 71.1 cm³/mol. The molecule has 3 nitrogen and oxygen atoms in total. The van der Waals surface area contributed by atoms with E-state index in [1.807, 2.05) is 0 Å². The molecule has 1 saturated carbocycles. The molecule has 18 heavy (non-hydrogen) atoms. The van der Waals surface area contributed by atoms with E-state index in [0.29, 0.717) is 27.8 Å². The fraction of sp³-hybridized carbons (Fsp3) is 0.231. The summed E-state index contributed by atoms with van der Waals surface area (Å²) in [6, 6.07) is 5.15. The quantitative estimate of drug-likeness (QED) is 0.794. The Morgan fingerprint density at radius 3 is 2.89 bits per heavy atom. The predicted octanol–water partition coefficient (Wildman–Crippen LogP) is 4.20. The minimum atomic E-state index is -0.0902. The number of ketones is 1. The van der Waals surface area contributed by atoms with Gasteiger partial charge in [-0.25, -0.2) is 0 Å². The first-order valence-electron chi connectivity index (χ1n) is 5.61. The highest BCUT2D eigenvalue weighted by molar-refractivity contribution is 9.10. The standard InChI is InChI=1S/C13H9BrClNO2/c14-10-4-3-8(5-11(10)15)12(17)9-6-16-18-13(9)7-1-2-7/h3-7H,1-2H2. The summed E-state index contributed by atoms with van der Waals surface area (Å²) in [4.78, 5) is 12.4. The van der Waals surface area contributed by atoms with Crippen molar-refractivity contribution in [1.82, 2.24) is 5.16 Å². The third-order valence-corrected chi connectivity index (χ3v) is 4.21. The molecule has 0 aliphatic heterocycles. The molecule has 0 saturated heterocycles. The van der Waals surface area contributed by atoms with Gasteiger partial charge >= 0.3 is 0 Å². The SMILES string of the molecule is O=C(c1ccc(Br)c(Cl)c1)c1cnoc1C1CC1. The number of carbonyl (C=O) groups excluding carboxylic acids is 1. The first-order valence-corrected chi connectivity index (χ1v) is 6.78. The van der Waals surface area contributed by atoms with Crippen molar-refractivity contribution in [2.24, 2.45) is 0 Å². The monoisotopic (exact) mass is 325 g/mol. The van der Waals surface area contributed by atoms with E-state index >= 15 is 0 Å². The summed E-state index contributed by atoms with van der Waals surface area (Å²) in [6.07, 6.45) is 3.62. The maximum atomic E-state index is 12.4. The van der Waals surface area contributed by atoms with Gasteiger partial charge in [-0.05, 0) is 47.0 Å². The van der Waals surface area contributed by atoms with Crippen molar-refractivity contribution in [3.8, 4) is 0 Å². The zero-order valence-electron chi connectivity index (χ0n) is 9.32. The van der Waals surface area contributed by atoms with Crippen LogP contribution in [0.25, 0.3) is 0 Å². The Balaban J connectivity index is 1.98. The van der Waals surface area contributed by atoms with E-state index < -0.39 is 0 Å². The van der Waals surface area contributed by atoms with Gasteiger partial charge in [0.05, 0.1) is 16.8 Å². The summed E-state index contributed by atoms with van der Waals surface area (Å²) < 4.78 is 5.94. The van der Waals surface area contributed by atoms with Crippen LogP contribution in [-0.4, -0.2) is 10.9 Å². The first kappa shape index (κ1) is 11.9. The Bertz CT molecular complexity index is 619. The van der Waals surface area contributed by atoms with Crippen molar-refractivity contribution < 1.29 is 9.32 Å². The van der Waals surface area contributed by atoms with E-state index in [2.05, 4.69) is 21.1 Å². The van der Waals surface area contributed by atoms with Crippen LogP contribution in [0.4, 0.5) is 0 Å². The zero-order valence-corrected chi connectivity index (χ0v) is 11.7. The number of nitrogens with zero attached hydrogens (tertiary/aromatic N) is 1. The summed E-state index contributed by atoms with van der Waals surface area (Å²) in [7, 11) is 0. The number of benzene rings is 1. The fourth-order valence-electron chi connectivity index (χ4n) is 1.85. The summed E-state index contributed by atoms with van der Waals surface area (Å²) in [5.74, 6) is 0.976. The highest BCUT2D eigenvalue weighted by Crippen LogP contribution is 2.42. The highest BCUT2D eigenvalue weighted by Gasteiger charge is 2.32. The Kier molecular flexibility index (Phi) is 2.99. The summed E-state index contributed by atoms with van der Waals surface area (Å²) in [6.45, 7) is 0. The van der Waals surface area contributed by atoms with Crippen molar-refractivity contribution in [2.45, 2.75) is 18.8 Å². The molecule has 1 aliphatic rings. The normalized spacial score (nSPS) is 14.8. The molecule has 0 radical (unpaired) electrons. The van der Waals surface area contributed by atoms with Crippen LogP contribution in [-0.2, 0) is 0 Å². The summed E-state index contributed by atoms with van der Waals surface area (Å²) >= 11 is 9.30. The molecule has 1 aromatic heterocycles. The number of hydrogen-bond acceptors (Lipinski definition) is 3. The second-order valence-electron chi connectivity index (χ2n) is 4.34. The van der Waals surface area contributed by atoms with Crippen LogP contribution in [0.15, 0.2) is 33.4 Å². The van der Waals surface area contributed by atoms with Gasteiger partial charge < -0.3 is 4.52 Å². The van der Waals surface area contributed by atoms with Crippen LogP contribution in [0.5, 0.6) is 0 Å². The molecule has 1 aromatic carbocycles. The van der Waals surface area contributed by atoms with Crippen LogP contribution in [0.2, 0.25) is 5.02 Å². The van der Waals surface area contributed by atoms with E-state index in [9.17, 15) is 4.79 Å². The molecule has 1 aliphatic carbocycles. The smallest absolute Gasteiger partial charge is 0.198 e. The Morgan fingerprint density at radius 1 is 1.44 bits per heavy atom. The third-order valence-electron chi connectivity index (χ3n) is 2.97.